The number of nitrogens with one attached hydrogen (secondary N) is 1. The molecule has 0 bridgehead atoms. The maximum atomic E-state index is 12.1. The molecule has 0 aliphatic rings. The second-order valence-corrected chi connectivity index (χ2v) is 4.38. The first-order valence-electron chi connectivity index (χ1n) is 5.89. The maximum Gasteiger partial charge on any atom is 0.416 e. The summed E-state index contributed by atoms with van der Waals surface area (Å²) in [7, 11) is 0. The Morgan fingerprint density at radius 2 is 2.10 bits per heavy atom. The number of non-ortho nitro benzene ring substituents is 1. The molecule has 2 unspecified atom stereocenters. The Balaban J connectivity index is 2.71. The van der Waals surface area contributed by atoms with Gasteiger partial charge in [-0.15, -0.1) is 0 Å². The minimum absolute atomic E-state index is 0.220. The molecule has 2 atom stereocenters. The van der Waals surface area contributed by atoms with E-state index >= 15 is 0 Å². The number of alkyl halides is 3. The topological polar surface area (TPSA) is 92.5 Å². The summed E-state index contributed by atoms with van der Waals surface area (Å²) in [6, 6.07) is 5.24. The van der Waals surface area contributed by atoms with E-state index in [0.29, 0.717) is 5.56 Å². The Bertz CT molecular complexity index is 533. The van der Waals surface area contributed by atoms with Gasteiger partial charge in [-0.1, -0.05) is 12.1 Å². The molecule has 0 saturated carbocycles. The lowest BCUT2D eigenvalue weighted by Gasteiger charge is -2.17. The Morgan fingerprint density at radius 1 is 1.48 bits per heavy atom. The quantitative estimate of drug-likeness (QED) is 0.640. The largest absolute Gasteiger partial charge is 0.416 e. The van der Waals surface area contributed by atoms with Crippen LogP contribution < -0.4 is 5.32 Å². The van der Waals surface area contributed by atoms with Crippen molar-refractivity contribution in [1.82, 2.24) is 5.32 Å². The molecule has 0 aromatic heterocycles. The summed E-state index contributed by atoms with van der Waals surface area (Å²) < 4.78 is 36.3. The highest BCUT2D eigenvalue weighted by Crippen LogP contribution is 2.22. The summed E-state index contributed by atoms with van der Waals surface area (Å²) in [6.45, 7) is 0.427. The first kappa shape index (κ1) is 16.9. The molecule has 0 saturated heterocycles. The first-order chi connectivity index (χ1) is 9.62. The van der Waals surface area contributed by atoms with Crippen LogP contribution in [-0.4, -0.2) is 34.8 Å². The Kier molecular flexibility index (Phi) is 5.25. The van der Waals surface area contributed by atoms with Crippen LogP contribution in [0.2, 0.25) is 0 Å². The number of aliphatic hydroxyl groups is 1. The smallest absolute Gasteiger partial charge is 0.382 e. The standard InChI is InChI=1S/C12H13F3N2O4/c1-7(8-3-2-4-9(5-8)17(20)21)11(19)16-6-10(18)12(13,14)15/h2-5,7,10,18H,6H2,1H3,(H,16,19). The van der Waals surface area contributed by atoms with Gasteiger partial charge in [0.2, 0.25) is 5.91 Å². The fourth-order valence-corrected chi connectivity index (χ4v) is 1.53. The number of nitro groups is 1. The Morgan fingerprint density at radius 3 is 2.62 bits per heavy atom. The van der Waals surface area contributed by atoms with Gasteiger partial charge in [0, 0.05) is 12.1 Å². The van der Waals surface area contributed by atoms with E-state index in [1.54, 1.807) is 0 Å². The zero-order chi connectivity index (χ0) is 16.2. The molecule has 0 heterocycles. The van der Waals surface area contributed by atoms with Gasteiger partial charge in [-0.2, -0.15) is 13.2 Å². The van der Waals surface area contributed by atoms with Crippen molar-refractivity contribution in [3.63, 3.8) is 0 Å². The zero-order valence-corrected chi connectivity index (χ0v) is 10.9. The number of nitrogens with zero attached hydrogens (tertiary/aromatic N) is 1. The number of benzene rings is 1. The van der Waals surface area contributed by atoms with E-state index in [1.165, 1.54) is 31.2 Å². The van der Waals surface area contributed by atoms with Crippen LogP contribution >= 0.6 is 0 Å². The monoisotopic (exact) mass is 306 g/mol. The number of carbonyl (C=O) groups is 1. The predicted molar refractivity (Wildman–Crippen MR) is 66.6 cm³/mol. The van der Waals surface area contributed by atoms with Gasteiger partial charge in [-0.25, -0.2) is 0 Å². The highest BCUT2D eigenvalue weighted by molar-refractivity contribution is 5.83. The van der Waals surface area contributed by atoms with Crippen LogP contribution in [0.1, 0.15) is 18.4 Å². The molecule has 0 fully saturated rings. The third-order valence-electron chi connectivity index (χ3n) is 2.82. The number of carbonyl (C=O) groups excluding carboxylic acids is 1. The lowest BCUT2D eigenvalue weighted by molar-refractivity contribution is -0.384. The number of hydrogen-bond donors (Lipinski definition) is 2. The molecule has 0 radical (unpaired) electrons. The van der Waals surface area contributed by atoms with Gasteiger partial charge < -0.3 is 10.4 Å². The average Bonchev–Trinajstić information content (AvgIpc) is 2.42. The molecule has 0 spiro atoms. The van der Waals surface area contributed by atoms with Crippen LogP contribution in [0.15, 0.2) is 24.3 Å². The lowest BCUT2D eigenvalue weighted by atomic mass is 10.00. The minimum atomic E-state index is -4.82. The Labute approximate surface area is 117 Å². The van der Waals surface area contributed by atoms with Crippen LogP contribution in [0.3, 0.4) is 0 Å². The lowest BCUT2D eigenvalue weighted by Crippen LogP contribution is -2.41. The number of amides is 1. The minimum Gasteiger partial charge on any atom is -0.382 e. The number of aliphatic hydroxyl groups excluding tert-OH is 1. The fourth-order valence-electron chi connectivity index (χ4n) is 1.53. The van der Waals surface area contributed by atoms with Crippen LogP contribution in [0, 0.1) is 10.1 Å². The van der Waals surface area contributed by atoms with Gasteiger partial charge in [0.05, 0.1) is 17.4 Å². The van der Waals surface area contributed by atoms with E-state index < -0.39 is 35.6 Å². The summed E-state index contributed by atoms with van der Waals surface area (Å²) in [5.41, 5.74) is 0.0747. The van der Waals surface area contributed by atoms with Crippen molar-refractivity contribution >= 4 is 11.6 Å². The molecule has 0 aliphatic carbocycles. The molecule has 1 aromatic rings. The average molecular weight is 306 g/mol. The van der Waals surface area contributed by atoms with Crippen LogP contribution in [0.4, 0.5) is 18.9 Å². The fraction of sp³-hybridized carbons (Fsp3) is 0.417. The van der Waals surface area contributed by atoms with Gasteiger partial charge in [0.25, 0.3) is 5.69 Å². The summed E-state index contributed by atoms with van der Waals surface area (Å²) in [5, 5.41) is 21.3. The van der Waals surface area contributed by atoms with Crippen molar-refractivity contribution < 1.29 is 28.0 Å². The van der Waals surface area contributed by atoms with E-state index in [-0.39, 0.29) is 5.69 Å². The van der Waals surface area contributed by atoms with Gasteiger partial charge in [-0.3, -0.25) is 14.9 Å². The van der Waals surface area contributed by atoms with Gasteiger partial charge in [-0.05, 0) is 12.5 Å². The number of halogens is 3. The highest BCUT2D eigenvalue weighted by Gasteiger charge is 2.38. The molecule has 21 heavy (non-hydrogen) atoms. The van der Waals surface area contributed by atoms with Crippen LogP contribution in [0.5, 0.6) is 0 Å². The zero-order valence-electron chi connectivity index (χ0n) is 10.9. The summed E-state index contributed by atoms with van der Waals surface area (Å²) >= 11 is 0. The molecule has 2 N–H and O–H groups in total. The van der Waals surface area contributed by atoms with Gasteiger partial charge in [0.1, 0.15) is 0 Å². The molecule has 1 rings (SSSR count). The number of hydrogen-bond acceptors (Lipinski definition) is 4. The molecule has 9 heteroatoms. The normalized spacial score (nSPS) is 14.3. The molecular weight excluding hydrogens is 293 g/mol. The van der Waals surface area contributed by atoms with Crippen molar-refractivity contribution in [2.75, 3.05) is 6.54 Å². The molecule has 1 amide bonds. The van der Waals surface area contributed by atoms with Crippen molar-refractivity contribution in [1.29, 1.82) is 0 Å². The highest BCUT2D eigenvalue weighted by atomic mass is 19.4. The summed E-state index contributed by atoms with van der Waals surface area (Å²) in [4.78, 5) is 21.7. The molecule has 0 aliphatic heterocycles. The first-order valence-corrected chi connectivity index (χ1v) is 5.89. The van der Waals surface area contributed by atoms with Gasteiger partial charge >= 0.3 is 6.18 Å². The van der Waals surface area contributed by atoms with E-state index in [4.69, 9.17) is 5.11 Å². The van der Waals surface area contributed by atoms with Gasteiger partial charge in [0.15, 0.2) is 6.10 Å². The van der Waals surface area contributed by atoms with Crippen LogP contribution in [0.25, 0.3) is 0 Å². The van der Waals surface area contributed by atoms with E-state index in [0.717, 1.165) is 0 Å². The number of nitro benzene ring substituents is 1. The predicted octanol–water partition coefficient (Wildman–Crippen LogP) is 1.74. The second kappa shape index (κ2) is 6.53. The van der Waals surface area contributed by atoms with Crippen LogP contribution in [-0.2, 0) is 4.79 Å². The molecule has 116 valence electrons. The summed E-state index contributed by atoms with van der Waals surface area (Å²) in [5.74, 6) is -1.65. The molecule has 6 nitrogen and oxygen atoms in total. The SMILES string of the molecule is CC(C(=O)NCC(O)C(F)(F)F)c1cccc([N+](=O)[O-])c1. The van der Waals surface area contributed by atoms with Crippen molar-refractivity contribution in [3.05, 3.63) is 39.9 Å². The third-order valence-corrected chi connectivity index (χ3v) is 2.82. The summed E-state index contributed by atoms with van der Waals surface area (Å²) in [6.07, 6.45) is -7.47. The van der Waals surface area contributed by atoms with Crippen molar-refractivity contribution in [3.8, 4) is 0 Å². The maximum absolute atomic E-state index is 12.1. The molecule has 1 aromatic carbocycles. The van der Waals surface area contributed by atoms with E-state index in [1.807, 2.05) is 5.32 Å². The molecular formula is C12H13F3N2O4. The van der Waals surface area contributed by atoms with Crippen molar-refractivity contribution in [2.24, 2.45) is 0 Å². The van der Waals surface area contributed by atoms with Crippen molar-refractivity contribution in [2.45, 2.75) is 25.1 Å². The van der Waals surface area contributed by atoms with E-state index in [2.05, 4.69) is 0 Å². The third kappa shape index (κ3) is 4.71. The van der Waals surface area contributed by atoms with E-state index in [9.17, 15) is 28.1 Å². The second-order valence-electron chi connectivity index (χ2n) is 4.38. The Hall–Kier alpha value is -2.16. The number of rotatable bonds is 5.